The second kappa shape index (κ2) is 7.88. The Bertz CT molecular complexity index is 586. The molecule has 2 aliphatic rings. The molecule has 0 aliphatic carbocycles. The molecule has 0 N–H and O–H groups in total. The largest absolute Gasteiger partial charge is 0.379 e. The van der Waals surface area contributed by atoms with Crippen LogP contribution in [-0.2, 0) is 21.4 Å². The first-order valence-corrected chi connectivity index (χ1v) is 9.71. The number of aldehydes is 1. The number of morpholine rings is 1. The third kappa shape index (κ3) is 4.06. The Labute approximate surface area is 152 Å². The smallest absolute Gasteiger partial charge is 0.129 e. The van der Waals surface area contributed by atoms with Crippen LogP contribution in [0.3, 0.4) is 0 Å². The van der Waals surface area contributed by atoms with Crippen molar-refractivity contribution in [2.24, 2.45) is 0 Å². The third-order valence-electron chi connectivity index (χ3n) is 5.87. The second-order valence-electron chi connectivity index (χ2n) is 7.90. The van der Waals surface area contributed by atoms with Crippen molar-refractivity contribution in [1.29, 1.82) is 0 Å². The summed E-state index contributed by atoms with van der Waals surface area (Å²) < 4.78 is 5.49. The van der Waals surface area contributed by atoms with Gasteiger partial charge in [0.25, 0.3) is 0 Å². The molecule has 0 aromatic heterocycles. The van der Waals surface area contributed by atoms with Crippen molar-refractivity contribution in [3.8, 4) is 0 Å². The second-order valence-corrected chi connectivity index (χ2v) is 7.90. The molecule has 138 valence electrons. The number of piperidine rings is 1. The Hall–Kier alpha value is -1.39. The lowest BCUT2D eigenvalue weighted by molar-refractivity contribution is -0.111. The zero-order valence-electron chi connectivity index (χ0n) is 16.0. The fourth-order valence-electron chi connectivity index (χ4n) is 4.04. The van der Waals surface area contributed by atoms with E-state index in [9.17, 15) is 4.79 Å². The molecule has 4 heteroatoms. The average Bonchev–Trinajstić information content (AvgIpc) is 2.68. The number of ether oxygens (including phenoxy) is 1. The SMILES string of the molecule is CCc1ccc(C(C)(C)C=O)cc1N1CCC(N2CCOCC2)CC1. The van der Waals surface area contributed by atoms with Crippen LogP contribution >= 0.6 is 0 Å². The van der Waals surface area contributed by atoms with E-state index in [1.807, 2.05) is 13.8 Å². The number of rotatable bonds is 5. The molecule has 3 rings (SSSR count). The van der Waals surface area contributed by atoms with Crippen molar-refractivity contribution in [2.75, 3.05) is 44.3 Å². The van der Waals surface area contributed by atoms with Crippen LogP contribution in [0.25, 0.3) is 0 Å². The first kappa shape index (κ1) is 18.4. The summed E-state index contributed by atoms with van der Waals surface area (Å²) in [5, 5.41) is 0. The molecular formula is C21H32N2O2. The van der Waals surface area contributed by atoms with E-state index in [4.69, 9.17) is 4.74 Å². The van der Waals surface area contributed by atoms with E-state index in [-0.39, 0.29) is 0 Å². The molecule has 0 unspecified atom stereocenters. The van der Waals surface area contributed by atoms with Crippen LogP contribution in [0, 0.1) is 0 Å². The Kier molecular flexibility index (Phi) is 5.80. The fraction of sp³-hybridized carbons (Fsp3) is 0.667. The minimum absolute atomic E-state index is 0.423. The lowest BCUT2D eigenvalue weighted by atomic mass is 9.85. The molecule has 0 atom stereocenters. The highest BCUT2D eigenvalue weighted by molar-refractivity contribution is 5.69. The van der Waals surface area contributed by atoms with Gasteiger partial charge in [0, 0.05) is 43.3 Å². The number of nitrogens with zero attached hydrogens (tertiary/aromatic N) is 2. The van der Waals surface area contributed by atoms with E-state index in [2.05, 4.69) is 34.9 Å². The highest BCUT2D eigenvalue weighted by atomic mass is 16.5. The van der Waals surface area contributed by atoms with Gasteiger partial charge in [0.2, 0.25) is 0 Å². The molecule has 1 aromatic rings. The van der Waals surface area contributed by atoms with E-state index >= 15 is 0 Å². The normalized spacial score (nSPS) is 20.7. The summed E-state index contributed by atoms with van der Waals surface area (Å²) >= 11 is 0. The van der Waals surface area contributed by atoms with Crippen LogP contribution in [-0.4, -0.2) is 56.6 Å². The molecular weight excluding hydrogens is 312 g/mol. The molecule has 2 aliphatic heterocycles. The zero-order chi connectivity index (χ0) is 17.9. The summed E-state index contributed by atoms with van der Waals surface area (Å²) in [5.74, 6) is 0. The van der Waals surface area contributed by atoms with Crippen molar-refractivity contribution < 1.29 is 9.53 Å². The number of benzene rings is 1. The Morgan fingerprint density at radius 2 is 1.84 bits per heavy atom. The van der Waals surface area contributed by atoms with Crippen molar-refractivity contribution in [2.45, 2.75) is 51.5 Å². The maximum Gasteiger partial charge on any atom is 0.129 e. The molecule has 0 radical (unpaired) electrons. The Balaban J connectivity index is 1.73. The van der Waals surface area contributed by atoms with Gasteiger partial charge in [-0.3, -0.25) is 4.90 Å². The van der Waals surface area contributed by atoms with Gasteiger partial charge in [0.05, 0.1) is 13.2 Å². The molecule has 25 heavy (non-hydrogen) atoms. The van der Waals surface area contributed by atoms with Crippen LogP contribution < -0.4 is 4.90 Å². The summed E-state index contributed by atoms with van der Waals surface area (Å²) in [7, 11) is 0. The predicted molar refractivity (Wildman–Crippen MR) is 103 cm³/mol. The minimum atomic E-state index is -0.423. The Morgan fingerprint density at radius 1 is 1.16 bits per heavy atom. The molecule has 1 aromatic carbocycles. The van der Waals surface area contributed by atoms with Crippen molar-refractivity contribution in [1.82, 2.24) is 4.90 Å². The summed E-state index contributed by atoms with van der Waals surface area (Å²) in [6, 6.07) is 7.28. The fourth-order valence-corrected chi connectivity index (χ4v) is 4.04. The van der Waals surface area contributed by atoms with Crippen LogP contribution in [0.15, 0.2) is 18.2 Å². The summed E-state index contributed by atoms with van der Waals surface area (Å²) in [5.41, 5.74) is 3.41. The first-order valence-electron chi connectivity index (χ1n) is 9.71. The van der Waals surface area contributed by atoms with Crippen molar-refractivity contribution >= 4 is 12.0 Å². The molecule has 2 fully saturated rings. The molecule has 0 spiro atoms. The lowest BCUT2D eigenvalue weighted by Gasteiger charge is -2.41. The molecule has 2 saturated heterocycles. The first-order chi connectivity index (χ1) is 12.0. The summed E-state index contributed by atoms with van der Waals surface area (Å²) in [6.07, 6.45) is 4.51. The maximum absolute atomic E-state index is 11.5. The van der Waals surface area contributed by atoms with Crippen LogP contribution in [0.5, 0.6) is 0 Å². The average molecular weight is 344 g/mol. The number of aryl methyl sites for hydroxylation is 1. The standard InChI is InChI=1S/C21H32N2O2/c1-4-17-5-6-18(21(2,3)16-24)15-20(17)23-9-7-19(8-10-23)22-11-13-25-14-12-22/h5-6,15-16,19H,4,7-14H2,1-3H3. The van der Waals surface area contributed by atoms with Gasteiger partial charge in [0.1, 0.15) is 6.29 Å². The van der Waals surface area contributed by atoms with Gasteiger partial charge in [-0.15, -0.1) is 0 Å². The molecule has 0 saturated carbocycles. The molecule has 0 bridgehead atoms. The number of hydrogen-bond donors (Lipinski definition) is 0. The summed E-state index contributed by atoms with van der Waals surface area (Å²) in [6.45, 7) is 12.3. The van der Waals surface area contributed by atoms with Gasteiger partial charge in [-0.1, -0.05) is 19.1 Å². The highest BCUT2D eigenvalue weighted by Crippen LogP contribution is 2.31. The van der Waals surface area contributed by atoms with Crippen molar-refractivity contribution in [3.05, 3.63) is 29.3 Å². The quantitative estimate of drug-likeness (QED) is 0.769. The van der Waals surface area contributed by atoms with Gasteiger partial charge in [-0.2, -0.15) is 0 Å². The van der Waals surface area contributed by atoms with Gasteiger partial charge < -0.3 is 14.4 Å². The maximum atomic E-state index is 11.5. The van der Waals surface area contributed by atoms with Crippen LogP contribution in [0.4, 0.5) is 5.69 Å². The predicted octanol–water partition coefficient (Wildman–Crippen LogP) is 3.03. The van der Waals surface area contributed by atoms with Crippen molar-refractivity contribution in [3.63, 3.8) is 0 Å². The number of anilines is 1. The highest BCUT2D eigenvalue weighted by Gasteiger charge is 2.27. The number of carbonyl (C=O) groups is 1. The van der Waals surface area contributed by atoms with Crippen LogP contribution in [0.1, 0.15) is 44.7 Å². The molecule has 0 amide bonds. The van der Waals surface area contributed by atoms with Gasteiger partial charge >= 0.3 is 0 Å². The zero-order valence-corrected chi connectivity index (χ0v) is 16.0. The van der Waals surface area contributed by atoms with E-state index < -0.39 is 5.41 Å². The van der Waals surface area contributed by atoms with E-state index in [1.165, 1.54) is 24.1 Å². The lowest BCUT2D eigenvalue weighted by Crippen LogP contribution is -2.49. The molecule has 4 nitrogen and oxygen atoms in total. The summed E-state index contributed by atoms with van der Waals surface area (Å²) in [4.78, 5) is 16.6. The van der Waals surface area contributed by atoms with Gasteiger partial charge in [-0.25, -0.2) is 0 Å². The van der Waals surface area contributed by atoms with E-state index in [0.29, 0.717) is 6.04 Å². The monoisotopic (exact) mass is 344 g/mol. The minimum Gasteiger partial charge on any atom is -0.379 e. The van der Waals surface area contributed by atoms with E-state index in [1.54, 1.807) is 0 Å². The molecule has 2 heterocycles. The van der Waals surface area contributed by atoms with Gasteiger partial charge in [-0.05, 0) is 50.3 Å². The number of carbonyl (C=O) groups excluding carboxylic acids is 1. The van der Waals surface area contributed by atoms with Gasteiger partial charge in [0.15, 0.2) is 0 Å². The third-order valence-corrected chi connectivity index (χ3v) is 5.87. The topological polar surface area (TPSA) is 32.8 Å². The number of hydrogen-bond acceptors (Lipinski definition) is 4. The Morgan fingerprint density at radius 3 is 2.44 bits per heavy atom. The van der Waals surface area contributed by atoms with Crippen LogP contribution in [0.2, 0.25) is 0 Å². The van der Waals surface area contributed by atoms with E-state index in [0.717, 1.165) is 57.7 Å².